The van der Waals surface area contributed by atoms with Crippen LogP contribution in [0, 0.1) is 12.8 Å². The molecule has 1 amide bonds. The van der Waals surface area contributed by atoms with Crippen molar-refractivity contribution in [2.45, 2.75) is 39.2 Å². The van der Waals surface area contributed by atoms with E-state index in [1.807, 2.05) is 18.2 Å². The van der Waals surface area contributed by atoms with Crippen molar-refractivity contribution in [1.29, 1.82) is 0 Å². The Bertz CT molecular complexity index is 425. The van der Waals surface area contributed by atoms with Crippen LogP contribution in [-0.4, -0.2) is 25.0 Å². The van der Waals surface area contributed by atoms with Crippen LogP contribution in [0.25, 0.3) is 0 Å². The van der Waals surface area contributed by atoms with Gasteiger partial charge in [-0.15, -0.1) is 0 Å². The van der Waals surface area contributed by atoms with Crippen molar-refractivity contribution in [2.24, 2.45) is 5.92 Å². The molecular weight excluding hydrogens is 236 g/mol. The van der Waals surface area contributed by atoms with Crippen LogP contribution in [0.15, 0.2) is 24.3 Å². The van der Waals surface area contributed by atoms with E-state index < -0.39 is 0 Å². The molecule has 19 heavy (non-hydrogen) atoms. The van der Waals surface area contributed by atoms with Gasteiger partial charge in [0.1, 0.15) is 0 Å². The molecule has 1 aliphatic rings. The molecule has 0 saturated carbocycles. The first-order chi connectivity index (χ1) is 9.16. The van der Waals surface area contributed by atoms with Crippen molar-refractivity contribution in [3.05, 3.63) is 35.4 Å². The monoisotopic (exact) mass is 260 g/mol. The number of hydrogen-bond donors (Lipinski definition) is 2. The molecule has 3 heteroatoms. The Balaban J connectivity index is 1.85. The van der Waals surface area contributed by atoms with Crippen molar-refractivity contribution in [1.82, 2.24) is 10.6 Å². The number of piperidine rings is 1. The van der Waals surface area contributed by atoms with E-state index in [0.29, 0.717) is 12.3 Å². The second-order valence-electron chi connectivity index (χ2n) is 5.55. The number of hydrogen-bond acceptors (Lipinski definition) is 2. The van der Waals surface area contributed by atoms with Crippen molar-refractivity contribution in [3.63, 3.8) is 0 Å². The first-order valence-electron chi connectivity index (χ1n) is 7.21. The zero-order chi connectivity index (χ0) is 13.7. The van der Waals surface area contributed by atoms with Crippen molar-refractivity contribution < 1.29 is 4.79 Å². The molecule has 2 rings (SSSR count). The van der Waals surface area contributed by atoms with Crippen molar-refractivity contribution in [2.75, 3.05) is 13.1 Å². The molecule has 0 aromatic heterocycles. The maximum atomic E-state index is 12.1. The van der Waals surface area contributed by atoms with E-state index in [-0.39, 0.29) is 11.9 Å². The molecular formula is C16H24N2O. The summed E-state index contributed by atoms with van der Waals surface area (Å²) in [5, 5.41) is 6.52. The van der Waals surface area contributed by atoms with E-state index in [9.17, 15) is 4.79 Å². The van der Waals surface area contributed by atoms with Gasteiger partial charge < -0.3 is 10.6 Å². The molecule has 1 aromatic carbocycles. The van der Waals surface area contributed by atoms with Gasteiger partial charge in [0, 0.05) is 6.04 Å². The molecule has 0 bridgehead atoms. The Hall–Kier alpha value is -1.35. The van der Waals surface area contributed by atoms with Crippen molar-refractivity contribution in [3.8, 4) is 0 Å². The van der Waals surface area contributed by atoms with E-state index in [0.717, 1.165) is 31.5 Å². The lowest BCUT2D eigenvalue weighted by Crippen LogP contribution is -2.43. The molecule has 0 spiro atoms. The number of benzene rings is 1. The maximum Gasteiger partial charge on any atom is 0.224 e. The van der Waals surface area contributed by atoms with Crippen LogP contribution >= 0.6 is 0 Å². The van der Waals surface area contributed by atoms with E-state index in [4.69, 9.17) is 0 Å². The highest BCUT2D eigenvalue weighted by atomic mass is 16.1. The quantitative estimate of drug-likeness (QED) is 0.870. The molecule has 3 nitrogen and oxygen atoms in total. The zero-order valence-electron chi connectivity index (χ0n) is 11.9. The molecule has 1 heterocycles. The molecule has 1 aliphatic heterocycles. The lowest BCUT2D eigenvalue weighted by atomic mass is 9.91. The molecule has 1 atom stereocenters. The average molecular weight is 260 g/mol. The van der Waals surface area contributed by atoms with Gasteiger partial charge in [-0.1, -0.05) is 24.3 Å². The molecule has 1 saturated heterocycles. The highest BCUT2D eigenvalue weighted by Crippen LogP contribution is 2.16. The fourth-order valence-electron chi connectivity index (χ4n) is 2.75. The molecule has 1 unspecified atom stereocenters. The largest absolute Gasteiger partial charge is 0.353 e. The third-order valence-electron chi connectivity index (χ3n) is 4.09. The van der Waals surface area contributed by atoms with Gasteiger partial charge in [0.15, 0.2) is 0 Å². The summed E-state index contributed by atoms with van der Waals surface area (Å²) >= 11 is 0. The van der Waals surface area contributed by atoms with Crippen LogP contribution in [0.3, 0.4) is 0 Å². The Morgan fingerprint density at radius 3 is 2.74 bits per heavy atom. The second-order valence-corrected chi connectivity index (χ2v) is 5.55. The summed E-state index contributed by atoms with van der Waals surface area (Å²) in [6.45, 7) is 6.33. The molecule has 1 aromatic rings. The van der Waals surface area contributed by atoms with Crippen LogP contribution in [0.4, 0.5) is 0 Å². The van der Waals surface area contributed by atoms with Crippen LogP contribution in [0.2, 0.25) is 0 Å². The number of rotatable bonds is 4. The normalized spacial score (nSPS) is 18.0. The third-order valence-corrected chi connectivity index (χ3v) is 4.09. The molecule has 0 aliphatic carbocycles. The Morgan fingerprint density at radius 2 is 2.05 bits per heavy atom. The predicted octanol–water partition coefficient (Wildman–Crippen LogP) is 2.04. The van der Waals surface area contributed by atoms with Gasteiger partial charge >= 0.3 is 0 Å². The minimum Gasteiger partial charge on any atom is -0.353 e. The lowest BCUT2D eigenvalue weighted by Gasteiger charge is -2.28. The van der Waals surface area contributed by atoms with Crippen molar-refractivity contribution >= 4 is 5.91 Å². The molecule has 1 fully saturated rings. The van der Waals surface area contributed by atoms with Gasteiger partial charge in [-0.25, -0.2) is 0 Å². The lowest BCUT2D eigenvalue weighted by molar-refractivity contribution is -0.121. The van der Waals surface area contributed by atoms with Crippen LogP contribution in [-0.2, 0) is 11.2 Å². The van der Waals surface area contributed by atoms with E-state index >= 15 is 0 Å². The summed E-state index contributed by atoms with van der Waals surface area (Å²) in [4.78, 5) is 12.1. The molecule has 0 radical (unpaired) electrons. The van der Waals surface area contributed by atoms with E-state index in [1.165, 1.54) is 5.56 Å². The highest BCUT2D eigenvalue weighted by molar-refractivity contribution is 5.79. The van der Waals surface area contributed by atoms with Crippen LogP contribution < -0.4 is 10.6 Å². The summed E-state index contributed by atoms with van der Waals surface area (Å²) in [5.41, 5.74) is 2.31. The second kappa shape index (κ2) is 6.71. The summed E-state index contributed by atoms with van der Waals surface area (Å²) < 4.78 is 0. The number of carbonyl (C=O) groups is 1. The highest BCUT2D eigenvalue weighted by Gasteiger charge is 2.21. The first kappa shape index (κ1) is 14.1. The minimum atomic E-state index is 0.139. The maximum absolute atomic E-state index is 12.1. The number of nitrogens with one attached hydrogen (secondary N) is 2. The summed E-state index contributed by atoms with van der Waals surface area (Å²) in [6.07, 6.45) is 2.81. The predicted molar refractivity (Wildman–Crippen MR) is 78.1 cm³/mol. The van der Waals surface area contributed by atoms with E-state index in [1.54, 1.807) is 0 Å². The average Bonchev–Trinajstić information content (AvgIpc) is 2.42. The molecule has 2 N–H and O–H groups in total. The fourth-order valence-corrected chi connectivity index (χ4v) is 2.75. The SMILES string of the molecule is Cc1ccccc1CC(=O)NC(C)C1CCNCC1. The summed E-state index contributed by atoms with van der Waals surface area (Å²) in [6, 6.07) is 8.36. The van der Waals surface area contributed by atoms with Gasteiger partial charge in [-0.05, 0) is 56.8 Å². The van der Waals surface area contributed by atoms with Crippen LogP contribution in [0.5, 0.6) is 0 Å². The summed E-state index contributed by atoms with van der Waals surface area (Å²) in [7, 11) is 0. The standard InChI is InChI=1S/C16H24N2O/c1-12-5-3-4-6-15(12)11-16(19)18-13(2)14-7-9-17-10-8-14/h3-6,13-14,17H,7-11H2,1-2H3,(H,18,19). The number of carbonyl (C=O) groups excluding carboxylic acids is 1. The number of amides is 1. The zero-order valence-corrected chi connectivity index (χ0v) is 11.9. The Kier molecular flexibility index (Phi) is 4.97. The minimum absolute atomic E-state index is 0.139. The topological polar surface area (TPSA) is 41.1 Å². The smallest absolute Gasteiger partial charge is 0.224 e. The van der Waals surface area contributed by atoms with Crippen LogP contribution in [0.1, 0.15) is 30.9 Å². The number of aryl methyl sites for hydroxylation is 1. The van der Waals surface area contributed by atoms with E-state index in [2.05, 4.69) is 30.5 Å². The third kappa shape index (κ3) is 4.06. The first-order valence-corrected chi connectivity index (χ1v) is 7.21. The molecule has 104 valence electrons. The summed E-state index contributed by atoms with van der Waals surface area (Å²) in [5.74, 6) is 0.752. The fraction of sp³-hybridized carbons (Fsp3) is 0.562. The van der Waals surface area contributed by atoms with Gasteiger partial charge in [0.2, 0.25) is 5.91 Å². The Morgan fingerprint density at radius 1 is 1.37 bits per heavy atom. The van der Waals surface area contributed by atoms with Gasteiger partial charge in [0.05, 0.1) is 6.42 Å². The van der Waals surface area contributed by atoms with Gasteiger partial charge in [-0.3, -0.25) is 4.79 Å². The van der Waals surface area contributed by atoms with Gasteiger partial charge in [0.25, 0.3) is 0 Å². The van der Waals surface area contributed by atoms with Gasteiger partial charge in [-0.2, -0.15) is 0 Å². The Labute approximate surface area is 115 Å².